The maximum atomic E-state index is 10.4. The molecule has 1 N–H and O–H groups in total. The van der Waals surface area contributed by atoms with Gasteiger partial charge in [0, 0.05) is 6.61 Å². The third-order valence-corrected chi connectivity index (χ3v) is 0.718. The number of hydrogen-bond donors (Lipinski definition) is 1. The van der Waals surface area contributed by atoms with Gasteiger partial charge in [-0.15, -0.1) is 6.61 Å². The standard InChI is InChI=1S/C6H10O4.C2H6O.C2H5O.Na/c1-3-9-5(7)6(8)10-4-2;2*1-2-3;/h3-4H2,1-2H3;3H,2H2,1H3;2H2,1H3;/q;;-1;+1. The molecule has 0 saturated carbocycles. The molecule has 0 bridgehead atoms. The average Bonchev–Trinajstić information content (AvgIpc) is 2.21. The first-order valence-corrected chi connectivity index (χ1v) is 5.08. The molecule has 0 aromatic rings. The van der Waals surface area contributed by atoms with Gasteiger partial charge in [0.25, 0.3) is 0 Å². The monoisotopic (exact) mass is 260 g/mol. The van der Waals surface area contributed by atoms with Crippen LogP contribution in [0.15, 0.2) is 0 Å². The van der Waals surface area contributed by atoms with Gasteiger partial charge in [0.1, 0.15) is 0 Å². The minimum atomic E-state index is -0.927. The summed E-state index contributed by atoms with van der Waals surface area (Å²) in [5.41, 5.74) is 0. The number of aliphatic hydroxyl groups is 1. The van der Waals surface area contributed by atoms with Crippen LogP contribution in [0.1, 0.15) is 27.7 Å². The zero-order chi connectivity index (χ0) is 13.4. The van der Waals surface area contributed by atoms with E-state index < -0.39 is 11.9 Å². The van der Waals surface area contributed by atoms with Crippen molar-refractivity contribution in [3.8, 4) is 0 Å². The Kier molecular flexibility index (Phi) is 37.6. The molecule has 17 heavy (non-hydrogen) atoms. The van der Waals surface area contributed by atoms with Crippen LogP contribution in [0.2, 0.25) is 0 Å². The third-order valence-electron chi connectivity index (χ3n) is 0.718. The van der Waals surface area contributed by atoms with Gasteiger partial charge in [0.05, 0.1) is 13.2 Å². The minimum Gasteiger partial charge on any atom is -0.855 e. The van der Waals surface area contributed by atoms with Crippen molar-refractivity contribution < 1.29 is 58.8 Å². The van der Waals surface area contributed by atoms with Gasteiger partial charge in [-0.05, 0) is 20.8 Å². The second kappa shape index (κ2) is 24.9. The molecule has 0 aliphatic heterocycles. The summed E-state index contributed by atoms with van der Waals surface area (Å²) >= 11 is 0. The van der Waals surface area contributed by atoms with Gasteiger partial charge in [-0.3, -0.25) is 0 Å². The fourth-order valence-corrected chi connectivity index (χ4v) is 0.380. The Morgan fingerprint density at radius 3 is 1.29 bits per heavy atom. The zero-order valence-corrected chi connectivity index (χ0v) is 13.3. The molecule has 0 heterocycles. The maximum Gasteiger partial charge on any atom is 1.00 e. The summed E-state index contributed by atoms with van der Waals surface area (Å²) in [4.78, 5) is 20.9. The van der Waals surface area contributed by atoms with Crippen LogP contribution in [0.4, 0.5) is 0 Å². The van der Waals surface area contributed by atoms with Gasteiger partial charge in [-0.25, -0.2) is 9.59 Å². The van der Waals surface area contributed by atoms with E-state index in [0.717, 1.165) is 0 Å². The normalized spacial score (nSPS) is 7.18. The summed E-state index contributed by atoms with van der Waals surface area (Å²) in [5, 5.41) is 16.5. The maximum absolute atomic E-state index is 10.4. The van der Waals surface area contributed by atoms with Crippen LogP contribution in [0.3, 0.4) is 0 Å². The molecule has 0 radical (unpaired) electrons. The van der Waals surface area contributed by atoms with Crippen LogP contribution in [0, 0.1) is 0 Å². The van der Waals surface area contributed by atoms with Gasteiger partial charge in [0.15, 0.2) is 0 Å². The molecule has 0 aliphatic rings. The third kappa shape index (κ3) is 31.3. The Morgan fingerprint density at radius 1 is 1.00 bits per heavy atom. The summed E-state index contributed by atoms with van der Waals surface area (Å²) in [6.45, 7) is 7.13. The Balaban J connectivity index is -0.000000102. The van der Waals surface area contributed by atoms with Gasteiger partial charge < -0.3 is 19.7 Å². The van der Waals surface area contributed by atoms with Crippen LogP contribution in [-0.4, -0.2) is 43.5 Å². The van der Waals surface area contributed by atoms with Crippen LogP contribution in [0.25, 0.3) is 0 Å². The molecule has 0 aromatic heterocycles. The Hall–Kier alpha value is -0.140. The molecule has 0 aromatic carbocycles. The molecule has 0 spiro atoms. The second-order valence-corrected chi connectivity index (χ2v) is 2.05. The predicted octanol–water partition coefficient (Wildman–Crippen LogP) is -3.52. The molecular weight excluding hydrogens is 239 g/mol. The second-order valence-electron chi connectivity index (χ2n) is 2.05. The number of esters is 2. The van der Waals surface area contributed by atoms with E-state index in [-0.39, 0.29) is 56.0 Å². The van der Waals surface area contributed by atoms with Gasteiger partial charge in [-0.1, -0.05) is 6.92 Å². The first-order valence-electron chi connectivity index (χ1n) is 5.08. The Morgan fingerprint density at radius 2 is 1.18 bits per heavy atom. The van der Waals surface area contributed by atoms with Crippen molar-refractivity contribution in [3.63, 3.8) is 0 Å². The Bertz CT molecular complexity index is 145. The molecule has 0 aliphatic carbocycles. The zero-order valence-electron chi connectivity index (χ0n) is 11.3. The summed E-state index contributed by atoms with van der Waals surface area (Å²) in [5.74, 6) is -1.85. The summed E-state index contributed by atoms with van der Waals surface area (Å²) in [6.07, 6.45) is 0. The molecule has 0 saturated heterocycles. The summed E-state index contributed by atoms with van der Waals surface area (Å²) in [7, 11) is 0. The summed E-state index contributed by atoms with van der Waals surface area (Å²) in [6, 6.07) is 0. The van der Waals surface area contributed by atoms with E-state index in [2.05, 4.69) is 9.47 Å². The van der Waals surface area contributed by atoms with E-state index in [0.29, 0.717) is 0 Å². The molecule has 0 amide bonds. The van der Waals surface area contributed by atoms with E-state index >= 15 is 0 Å². The van der Waals surface area contributed by atoms with Gasteiger partial charge in [0.2, 0.25) is 0 Å². The molecule has 7 heteroatoms. The van der Waals surface area contributed by atoms with Crippen molar-refractivity contribution in [2.45, 2.75) is 27.7 Å². The molecule has 6 nitrogen and oxygen atoms in total. The quantitative estimate of drug-likeness (QED) is 0.314. The van der Waals surface area contributed by atoms with E-state index in [1.165, 1.54) is 0 Å². The SMILES string of the molecule is CCO.CCOC(=O)C(=O)OCC.CC[O-].[Na+]. The fourth-order valence-electron chi connectivity index (χ4n) is 0.380. The molecule has 0 atom stereocenters. The average molecular weight is 260 g/mol. The van der Waals surface area contributed by atoms with Crippen LogP contribution in [0.5, 0.6) is 0 Å². The molecular formula is C10H21NaO6. The van der Waals surface area contributed by atoms with Crippen molar-refractivity contribution in [1.29, 1.82) is 0 Å². The number of ether oxygens (including phenoxy) is 2. The first-order chi connectivity index (χ1) is 7.55. The first kappa shape index (κ1) is 25.6. The number of carbonyl (C=O) groups is 2. The number of aliphatic hydroxyl groups excluding tert-OH is 1. The number of carbonyl (C=O) groups excluding carboxylic acids is 2. The number of hydrogen-bond acceptors (Lipinski definition) is 6. The van der Waals surface area contributed by atoms with Crippen molar-refractivity contribution >= 4 is 11.9 Å². The van der Waals surface area contributed by atoms with Crippen LogP contribution >= 0.6 is 0 Å². The topological polar surface area (TPSA) is 95.9 Å². The van der Waals surface area contributed by atoms with Crippen molar-refractivity contribution in [1.82, 2.24) is 0 Å². The minimum absolute atomic E-state index is 0. The number of rotatable bonds is 2. The van der Waals surface area contributed by atoms with E-state index in [4.69, 9.17) is 10.2 Å². The van der Waals surface area contributed by atoms with Crippen LogP contribution in [-0.2, 0) is 19.1 Å². The van der Waals surface area contributed by atoms with Crippen LogP contribution < -0.4 is 34.7 Å². The Labute approximate surface area is 125 Å². The van der Waals surface area contributed by atoms with Crippen molar-refractivity contribution in [2.24, 2.45) is 0 Å². The predicted molar refractivity (Wildman–Crippen MR) is 56.6 cm³/mol. The van der Waals surface area contributed by atoms with Crippen molar-refractivity contribution in [3.05, 3.63) is 0 Å². The molecule has 0 rings (SSSR count). The van der Waals surface area contributed by atoms with Gasteiger partial charge >= 0.3 is 41.5 Å². The largest absolute Gasteiger partial charge is 1.00 e. The smallest absolute Gasteiger partial charge is 0.855 e. The molecule has 0 fully saturated rings. The van der Waals surface area contributed by atoms with E-state index in [9.17, 15) is 9.59 Å². The van der Waals surface area contributed by atoms with E-state index in [1.54, 1.807) is 27.7 Å². The van der Waals surface area contributed by atoms with E-state index in [1.807, 2.05) is 0 Å². The van der Waals surface area contributed by atoms with Gasteiger partial charge in [-0.2, -0.15) is 0 Å². The molecule has 0 unspecified atom stereocenters. The fraction of sp³-hybridized carbons (Fsp3) is 0.800. The summed E-state index contributed by atoms with van der Waals surface area (Å²) < 4.78 is 8.69. The van der Waals surface area contributed by atoms with Crippen molar-refractivity contribution in [2.75, 3.05) is 26.4 Å². The molecule has 98 valence electrons.